The number of ether oxygens (including phenoxy) is 1. The topological polar surface area (TPSA) is 70.1 Å². The van der Waals surface area contributed by atoms with Gasteiger partial charge in [-0.3, -0.25) is 9.59 Å². The number of halogens is 1. The first-order chi connectivity index (χ1) is 14.3. The molecule has 0 spiro atoms. The standard InChI is InChI=1S/C23H25ClN2O4/c1-4-30-18-11-10-16(14-17(18)24)21(27)19-20(15-8-6-5-7-9-15)26(13-12-25(2)3)23(29)22(19)28/h5-11,14,20,27H,4,12-13H2,1-3H3/b21-19+/t20-/m0/s1. The molecule has 0 radical (unpaired) electrons. The van der Waals surface area contributed by atoms with Crippen molar-refractivity contribution in [1.82, 2.24) is 9.80 Å². The highest BCUT2D eigenvalue weighted by molar-refractivity contribution is 6.46. The Morgan fingerprint density at radius 3 is 2.47 bits per heavy atom. The third-order valence-electron chi connectivity index (χ3n) is 4.95. The van der Waals surface area contributed by atoms with E-state index in [0.717, 1.165) is 5.56 Å². The molecule has 0 unspecified atom stereocenters. The highest BCUT2D eigenvalue weighted by Gasteiger charge is 2.45. The van der Waals surface area contributed by atoms with Gasteiger partial charge in [-0.25, -0.2) is 0 Å². The average Bonchev–Trinajstić information content (AvgIpc) is 2.98. The monoisotopic (exact) mass is 428 g/mol. The number of carbonyl (C=O) groups excluding carboxylic acids is 2. The zero-order valence-electron chi connectivity index (χ0n) is 17.3. The molecule has 3 rings (SSSR count). The highest BCUT2D eigenvalue weighted by atomic mass is 35.5. The maximum atomic E-state index is 12.9. The number of ketones is 1. The van der Waals surface area contributed by atoms with Crippen LogP contribution in [-0.4, -0.2) is 60.4 Å². The first kappa shape index (κ1) is 21.9. The Morgan fingerprint density at radius 2 is 1.87 bits per heavy atom. The number of Topliss-reactive ketones (excluding diaryl/α,β-unsaturated/α-hetero) is 1. The van der Waals surface area contributed by atoms with Gasteiger partial charge in [0.25, 0.3) is 11.7 Å². The number of amides is 1. The minimum absolute atomic E-state index is 0.0604. The van der Waals surface area contributed by atoms with Crippen LogP contribution in [0.1, 0.15) is 24.1 Å². The van der Waals surface area contributed by atoms with Gasteiger partial charge in [-0.15, -0.1) is 0 Å². The second-order valence-corrected chi connectivity index (χ2v) is 7.69. The second kappa shape index (κ2) is 9.32. The molecule has 1 aliphatic heterocycles. The van der Waals surface area contributed by atoms with Gasteiger partial charge in [0.2, 0.25) is 0 Å². The molecule has 6 nitrogen and oxygen atoms in total. The molecule has 1 amide bonds. The van der Waals surface area contributed by atoms with Crippen LogP contribution in [0, 0.1) is 0 Å². The van der Waals surface area contributed by atoms with E-state index in [4.69, 9.17) is 16.3 Å². The molecule has 1 aliphatic rings. The lowest BCUT2D eigenvalue weighted by atomic mass is 9.95. The normalized spacial score (nSPS) is 18.3. The van der Waals surface area contributed by atoms with Gasteiger partial charge in [0.05, 0.1) is 23.2 Å². The van der Waals surface area contributed by atoms with Crippen molar-refractivity contribution in [2.45, 2.75) is 13.0 Å². The lowest BCUT2D eigenvalue weighted by Gasteiger charge is -2.26. The van der Waals surface area contributed by atoms with Crippen LogP contribution in [0.2, 0.25) is 5.02 Å². The van der Waals surface area contributed by atoms with Crippen LogP contribution in [-0.2, 0) is 9.59 Å². The lowest BCUT2D eigenvalue weighted by Crippen LogP contribution is -2.35. The first-order valence-electron chi connectivity index (χ1n) is 9.76. The van der Waals surface area contributed by atoms with E-state index in [1.54, 1.807) is 12.1 Å². The summed E-state index contributed by atoms with van der Waals surface area (Å²) >= 11 is 6.26. The van der Waals surface area contributed by atoms with Crippen LogP contribution < -0.4 is 4.74 Å². The Hall–Kier alpha value is -2.83. The van der Waals surface area contributed by atoms with Crippen LogP contribution in [0.4, 0.5) is 0 Å². The molecular formula is C23H25ClN2O4. The Morgan fingerprint density at radius 1 is 1.17 bits per heavy atom. The summed E-state index contributed by atoms with van der Waals surface area (Å²) in [5.74, 6) is -1.09. The summed E-state index contributed by atoms with van der Waals surface area (Å²) in [7, 11) is 3.80. The van der Waals surface area contributed by atoms with Crippen molar-refractivity contribution in [1.29, 1.82) is 0 Å². The fraction of sp³-hybridized carbons (Fsp3) is 0.304. The number of hydrogen-bond donors (Lipinski definition) is 1. The summed E-state index contributed by atoms with van der Waals surface area (Å²) < 4.78 is 5.43. The fourth-order valence-electron chi connectivity index (χ4n) is 3.48. The summed E-state index contributed by atoms with van der Waals surface area (Å²) in [6.07, 6.45) is 0. The number of benzene rings is 2. The van der Waals surface area contributed by atoms with Crippen LogP contribution in [0.5, 0.6) is 5.75 Å². The van der Waals surface area contributed by atoms with Gasteiger partial charge in [0.1, 0.15) is 11.5 Å². The Balaban J connectivity index is 2.10. The van der Waals surface area contributed by atoms with Crippen molar-refractivity contribution in [3.8, 4) is 5.75 Å². The molecule has 0 aromatic heterocycles. The van der Waals surface area contributed by atoms with Crippen LogP contribution in [0.25, 0.3) is 5.76 Å². The SMILES string of the molecule is CCOc1ccc(/C(O)=C2\C(=O)C(=O)N(CCN(C)C)[C@H]2c2ccccc2)cc1Cl. The predicted octanol–water partition coefficient (Wildman–Crippen LogP) is 3.72. The Bertz CT molecular complexity index is 972. The third kappa shape index (κ3) is 4.35. The molecule has 1 atom stereocenters. The van der Waals surface area contributed by atoms with Crippen LogP contribution in [0.15, 0.2) is 54.1 Å². The number of aliphatic hydroxyl groups is 1. The summed E-state index contributed by atoms with van der Waals surface area (Å²) in [5.41, 5.74) is 1.18. The predicted molar refractivity (Wildman–Crippen MR) is 117 cm³/mol. The van der Waals surface area contributed by atoms with E-state index in [2.05, 4.69) is 0 Å². The van der Waals surface area contributed by atoms with Crippen molar-refractivity contribution in [3.05, 3.63) is 70.3 Å². The molecule has 2 aromatic rings. The molecule has 0 aliphatic carbocycles. The minimum atomic E-state index is -0.704. The van der Waals surface area contributed by atoms with Crippen molar-refractivity contribution in [2.24, 2.45) is 0 Å². The van der Waals surface area contributed by atoms with Crippen molar-refractivity contribution < 1.29 is 19.4 Å². The van der Waals surface area contributed by atoms with Crippen LogP contribution >= 0.6 is 11.6 Å². The molecular weight excluding hydrogens is 404 g/mol. The number of carbonyl (C=O) groups is 2. The maximum Gasteiger partial charge on any atom is 0.295 e. The summed E-state index contributed by atoms with van der Waals surface area (Å²) in [6, 6.07) is 13.4. The lowest BCUT2D eigenvalue weighted by molar-refractivity contribution is -0.140. The van der Waals surface area contributed by atoms with Crippen LogP contribution in [0.3, 0.4) is 0 Å². The molecule has 0 bridgehead atoms. The smallest absolute Gasteiger partial charge is 0.295 e. The zero-order chi connectivity index (χ0) is 21.8. The van der Waals surface area contributed by atoms with Crippen molar-refractivity contribution >= 4 is 29.1 Å². The number of likely N-dealkylation sites (N-methyl/N-ethyl adjacent to an activating group) is 1. The van der Waals surface area contributed by atoms with Crippen molar-refractivity contribution in [2.75, 3.05) is 33.8 Å². The number of rotatable bonds is 7. The van der Waals surface area contributed by atoms with Gasteiger partial charge in [0, 0.05) is 18.7 Å². The second-order valence-electron chi connectivity index (χ2n) is 7.28. The Kier molecular flexibility index (Phi) is 6.80. The van der Waals surface area contributed by atoms with E-state index in [-0.39, 0.29) is 11.3 Å². The highest BCUT2D eigenvalue weighted by Crippen LogP contribution is 2.40. The quantitative estimate of drug-likeness (QED) is 0.413. The average molecular weight is 429 g/mol. The first-order valence-corrected chi connectivity index (χ1v) is 10.1. The molecule has 1 saturated heterocycles. The van der Waals surface area contributed by atoms with E-state index in [9.17, 15) is 14.7 Å². The number of likely N-dealkylation sites (tertiary alicyclic amines) is 1. The van der Waals surface area contributed by atoms with Gasteiger partial charge in [-0.05, 0) is 44.8 Å². The van der Waals surface area contributed by atoms with Gasteiger partial charge in [0.15, 0.2) is 0 Å². The number of aliphatic hydroxyl groups excluding tert-OH is 1. The molecule has 1 N–H and O–H groups in total. The molecule has 158 valence electrons. The van der Waals surface area contributed by atoms with E-state index < -0.39 is 17.7 Å². The summed E-state index contributed by atoms with van der Waals surface area (Å²) in [6.45, 7) is 3.25. The molecule has 2 aromatic carbocycles. The van der Waals surface area contributed by atoms with E-state index in [1.807, 2.05) is 56.3 Å². The van der Waals surface area contributed by atoms with Gasteiger partial charge in [-0.2, -0.15) is 0 Å². The van der Waals surface area contributed by atoms with E-state index in [0.29, 0.717) is 36.0 Å². The van der Waals surface area contributed by atoms with Gasteiger partial charge >= 0.3 is 0 Å². The summed E-state index contributed by atoms with van der Waals surface area (Å²) in [4.78, 5) is 29.2. The minimum Gasteiger partial charge on any atom is -0.507 e. The van der Waals surface area contributed by atoms with Gasteiger partial charge < -0.3 is 19.6 Å². The maximum absolute atomic E-state index is 12.9. The molecule has 1 heterocycles. The molecule has 7 heteroatoms. The molecule has 1 fully saturated rings. The molecule has 0 saturated carbocycles. The fourth-order valence-corrected chi connectivity index (χ4v) is 3.71. The number of hydrogen-bond acceptors (Lipinski definition) is 5. The Labute approximate surface area is 181 Å². The van der Waals surface area contributed by atoms with Crippen molar-refractivity contribution in [3.63, 3.8) is 0 Å². The summed E-state index contributed by atoms with van der Waals surface area (Å²) in [5, 5.41) is 11.4. The number of nitrogens with zero attached hydrogens (tertiary/aromatic N) is 2. The van der Waals surface area contributed by atoms with Gasteiger partial charge in [-0.1, -0.05) is 41.9 Å². The van der Waals surface area contributed by atoms with E-state index in [1.165, 1.54) is 11.0 Å². The van der Waals surface area contributed by atoms with E-state index >= 15 is 0 Å². The molecule has 30 heavy (non-hydrogen) atoms. The largest absolute Gasteiger partial charge is 0.507 e. The zero-order valence-corrected chi connectivity index (χ0v) is 18.0. The third-order valence-corrected chi connectivity index (χ3v) is 5.24.